The van der Waals surface area contributed by atoms with Gasteiger partial charge in [-0.2, -0.15) is 0 Å². The molecule has 1 aromatic rings. The van der Waals surface area contributed by atoms with Crippen LogP contribution in [0.2, 0.25) is 16.6 Å². The summed E-state index contributed by atoms with van der Waals surface area (Å²) in [6.07, 6.45) is 2.53. The maximum Gasteiger partial charge on any atom is 0.200 e. The molecule has 0 unspecified atom stereocenters. The Hall–Kier alpha value is -0.923. The third-order valence-corrected chi connectivity index (χ3v) is 12.9. The van der Waals surface area contributed by atoms with Crippen LogP contribution < -0.4 is 4.74 Å². The monoisotopic (exact) mass is 452 g/mol. The number of hydrogen-bond donors (Lipinski definition) is 1. The van der Waals surface area contributed by atoms with Crippen molar-refractivity contribution in [2.75, 3.05) is 20.3 Å². The molecule has 0 amide bonds. The summed E-state index contributed by atoms with van der Waals surface area (Å²) in [5.74, 6) is 0.851. The molecule has 1 heterocycles. The van der Waals surface area contributed by atoms with Crippen LogP contribution >= 0.6 is 0 Å². The lowest BCUT2D eigenvalue weighted by Crippen LogP contribution is -2.52. The van der Waals surface area contributed by atoms with Crippen LogP contribution in [0.5, 0.6) is 5.75 Å². The van der Waals surface area contributed by atoms with Crippen molar-refractivity contribution in [1.82, 2.24) is 0 Å². The molecular formula is C25H44O5Si. The van der Waals surface area contributed by atoms with Crippen LogP contribution in [-0.4, -0.2) is 52.1 Å². The maximum atomic E-state index is 9.80. The summed E-state index contributed by atoms with van der Waals surface area (Å²) in [7, 11) is -0.287. The maximum absolute atomic E-state index is 9.80. The minimum absolute atomic E-state index is 0.0443. The summed E-state index contributed by atoms with van der Waals surface area (Å²) in [5.41, 5.74) is 2.78. The average Bonchev–Trinajstić information content (AvgIpc) is 2.74. The van der Waals surface area contributed by atoms with Gasteiger partial charge in [-0.3, -0.25) is 0 Å². The van der Waals surface area contributed by atoms with E-state index in [9.17, 15) is 5.11 Å². The quantitative estimate of drug-likeness (QED) is 0.325. The molecule has 6 heteroatoms. The molecule has 0 bridgehead atoms. The van der Waals surface area contributed by atoms with Crippen molar-refractivity contribution in [3.05, 3.63) is 29.8 Å². The number of aliphatic hydroxyl groups is 1. The lowest BCUT2D eigenvalue weighted by Gasteiger charge is -2.47. The second kappa shape index (κ2) is 12.4. The molecule has 0 aromatic heterocycles. The van der Waals surface area contributed by atoms with Crippen LogP contribution in [0.25, 0.3) is 0 Å². The van der Waals surface area contributed by atoms with Crippen LogP contribution in [0.1, 0.15) is 66.4 Å². The minimum atomic E-state index is -1.96. The Morgan fingerprint density at radius 2 is 1.55 bits per heavy atom. The van der Waals surface area contributed by atoms with E-state index in [4.69, 9.17) is 18.6 Å². The van der Waals surface area contributed by atoms with Crippen molar-refractivity contribution in [2.24, 2.45) is 0 Å². The Morgan fingerprint density at radius 1 is 0.968 bits per heavy atom. The molecule has 1 fully saturated rings. The Bertz CT molecular complexity index is 610. The van der Waals surface area contributed by atoms with E-state index < -0.39 is 8.32 Å². The highest BCUT2D eigenvalue weighted by atomic mass is 28.4. The molecule has 178 valence electrons. The van der Waals surface area contributed by atoms with E-state index in [1.54, 1.807) is 7.11 Å². The van der Waals surface area contributed by atoms with Gasteiger partial charge in [-0.05, 0) is 47.2 Å². The van der Waals surface area contributed by atoms with Gasteiger partial charge >= 0.3 is 0 Å². The van der Waals surface area contributed by atoms with Crippen molar-refractivity contribution in [2.45, 2.75) is 102 Å². The third-order valence-electron chi connectivity index (χ3n) is 6.73. The molecule has 1 aliphatic rings. The largest absolute Gasteiger partial charge is 0.497 e. The smallest absolute Gasteiger partial charge is 0.200 e. The fourth-order valence-electron chi connectivity index (χ4n) is 5.29. The molecule has 0 spiro atoms. The van der Waals surface area contributed by atoms with Gasteiger partial charge in [0.05, 0.1) is 38.6 Å². The van der Waals surface area contributed by atoms with E-state index >= 15 is 0 Å². The molecular weight excluding hydrogens is 408 g/mol. The second-order valence-corrected chi connectivity index (χ2v) is 15.2. The molecule has 31 heavy (non-hydrogen) atoms. The highest BCUT2D eigenvalue weighted by Gasteiger charge is 2.47. The van der Waals surface area contributed by atoms with Gasteiger partial charge in [-0.1, -0.05) is 53.7 Å². The standard InChI is InChI=1S/C25H44O5Si/c1-18(2)31(19(3)4,20(5)6)30-24-14-23(29-25(15-24)16-26)12-13-28-17-21-8-10-22(27-7)11-9-21/h8-11,18-20,23-26H,12-17H2,1-7H3/t23-,24+,25-/m0/s1. The van der Waals surface area contributed by atoms with E-state index in [1.165, 1.54) is 0 Å². The third kappa shape index (κ3) is 7.03. The number of benzene rings is 1. The normalized spacial score (nSPS) is 22.5. The van der Waals surface area contributed by atoms with E-state index in [1.807, 2.05) is 24.3 Å². The average molecular weight is 453 g/mol. The highest BCUT2D eigenvalue weighted by molar-refractivity contribution is 6.77. The van der Waals surface area contributed by atoms with E-state index in [0.717, 1.165) is 30.6 Å². The first-order valence-electron chi connectivity index (χ1n) is 11.9. The summed E-state index contributed by atoms with van der Waals surface area (Å²) < 4.78 is 24.2. The van der Waals surface area contributed by atoms with Crippen molar-refractivity contribution >= 4 is 8.32 Å². The van der Waals surface area contributed by atoms with Crippen LogP contribution in [0, 0.1) is 0 Å². The van der Waals surface area contributed by atoms with Gasteiger partial charge in [0.2, 0.25) is 8.32 Å². The van der Waals surface area contributed by atoms with Crippen molar-refractivity contribution in [1.29, 1.82) is 0 Å². The number of aliphatic hydroxyl groups excluding tert-OH is 1. The van der Waals surface area contributed by atoms with Crippen molar-refractivity contribution in [3.8, 4) is 5.75 Å². The lowest BCUT2D eigenvalue weighted by atomic mass is 9.99. The summed E-state index contributed by atoms with van der Waals surface area (Å²) in [4.78, 5) is 0. The van der Waals surface area contributed by atoms with Crippen LogP contribution in [0.15, 0.2) is 24.3 Å². The van der Waals surface area contributed by atoms with Gasteiger partial charge < -0.3 is 23.7 Å². The van der Waals surface area contributed by atoms with E-state index in [-0.39, 0.29) is 24.9 Å². The first kappa shape index (κ1) is 26.3. The van der Waals surface area contributed by atoms with Crippen molar-refractivity contribution in [3.63, 3.8) is 0 Å². The molecule has 1 N–H and O–H groups in total. The molecule has 1 saturated heterocycles. The SMILES string of the molecule is COc1ccc(COCC[C@H]2C[C@@H](O[Si](C(C)C)(C(C)C)C(C)C)C[C@@H](CO)O2)cc1. The van der Waals surface area contributed by atoms with E-state index in [0.29, 0.717) is 29.8 Å². The molecule has 1 aromatic carbocycles. The summed E-state index contributed by atoms with van der Waals surface area (Å²) >= 11 is 0. The van der Waals surface area contributed by atoms with Gasteiger partial charge in [0, 0.05) is 13.0 Å². The molecule has 1 aliphatic heterocycles. The van der Waals surface area contributed by atoms with Crippen LogP contribution in [0.4, 0.5) is 0 Å². The predicted molar refractivity (Wildman–Crippen MR) is 128 cm³/mol. The number of ether oxygens (including phenoxy) is 3. The molecule has 0 aliphatic carbocycles. The lowest BCUT2D eigenvalue weighted by molar-refractivity contribution is -0.116. The Morgan fingerprint density at radius 3 is 2.06 bits per heavy atom. The number of methoxy groups -OCH3 is 1. The Balaban J connectivity index is 1.92. The number of rotatable bonds is 12. The Labute approximate surface area is 190 Å². The molecule has 5 nitrogen and oxygen atoms in total. The summed E-state index contributed by atoms with van der Waals surface area (Å²) in [5, 5.41) is 9.80. The first-order valence-corrected chi connectivity index (χ1v) is 14.0. The van der Waals surface area contributed by atoms with Gasteiger partial charge in [0.15, 0.2) is 0 Å². The molecule has 3 atom stereocenters. The zero-order valence-corrected chi connectivity index (χ0v) is 21.6. The van der Waals surface area contributed by atoms with Crippen LogP contribution in [0.3, 0.4) is 0 Å². The van der Waals surface area contributed by atoms with Crippen LogP contribution in [-0.2, 0) is 20.5 Å². The van der Waals surface area contributed by atoms with E-state index in [2.05, 4.69) is 41.5 Å². The summed E-state index contributed by atoms with van der Waals surface area (Å²) in [6, 6.07) is 7.95. The molecule has 2 rings (SSSR count). The van der Waals surface area contributed by atoms with Gasteiger partial charge in [0.25, 0.3) is 0 Å². The highest BCUT2D eigenvalue weighted by Crippen LogP contribution is 2.44. The zero-order valence-electron chi connectivity index (χ0n) is 20.6. The molecule has 0 radical (unpaired) electrons. The topological polar surface area (TPSA) is 57.2 Å². The minimum Gasteiger partial charge on any atom is -0.497 e. The Kier molecular flexibility index (Phi) is 10.5. The van der Waals surface area contributed by atoms with Gasteiger partial charge in [-0.25, -0.2) is 0 Å². The summed E-state index contributed by atoms with van der Waals surface area (Å²) in [6.45, 7) is 15.2. The van der Waals surface area contributed by atoms with Gasteiger partial charge in [-0.15, -0.1) is 0 Å². The second-order valence-electron chi connectivity index (χ2n) is 9.78. The van der Waals surface area contributed by atoms with Gasteiger partial charge in [0.1, 0.15) is 5.75 Å². The fraction of sp³-hybridized carbons (Fsp3) is 0.760. The number of hydrogen-bond acceptors (Lipinski definition) is 5. The first-order chi connectivity index (χ1) is 14.7. The molecule has 0 saturated carbocycles. The van der Waals surface area contributed by atoms with Crippen molar-refractivity contribution < 1.29 is 23.7 Å². The zero-order chi connectivity index (χ0) is 23.0. The fourth-order valence-corrected chi connectivity index (χ4v) is 10.9. The predicted octanol–water partition coefficient (Wildman–Crippen LogP) is 5.70.